The summed E-state index contributed by atoms with van der Waals surface area (Å²) in [5.74, 6) is -0.244. The van der Waals surface area contributed by atoms with Crippen molar-refractivity contribution in [3.8, 4) is 0 Å². The Morgan fingerprint density at radius 1 is 1.25 bits per heavy atom. The second kappa shape index (κ2) is 9.35. The zero-order valence-corrected chi connectivity index (χ0v) is 13.0. The van der Waals surface area contributed by atoms with E-state index in [0.29, 0.717) is 12.6 Å². The molecular weight excluding hydrogens is 254 g/mol. The van der Waals surface area contributed by atoms with E-state index in [4.69, 9.17) is 5.11 Å². The van der Waals surface area contributed by atoms with Gasteiger partial charge in [0.25, 0.3) is 0 Å². The maximum atomic E-state index is 10.7. The van der Waals surface area contributed by atoms with Gasteiger partial charge in [-0.15, -0.1) is 0 Å². The standard InChI is InChI=1S/C16H31NO3/c1-12(16(19)20)6-5-7-13(2)17-11-15(18)10-14-8-3-4-9-14/h12-15,17-18H,3-11H2,1-2H3,(H,19,20). The van der Waals surface area contributed by atoms with Gasteiger partial charge in [0.05, 0.1) is 12.0 Å². The molecule has 1 aliphatic rings. The van der Waals surface area contributed by atoms with Gasteiger partial charge in [0.2, 0.25) is 0 Å². The molecule has 0 aliphatic heterocycles. The fourth-order valence-electron chi connectivity index (χ4n) is 3.01. The highest BCUT2D eigenvalue weighted by Crippen LogP contribution is 2.28. The predicted molar refractivity (Wildman–Crippen MR) is 80.7 cm³/mol. The van der Waals surface area contributed by atoms with Crippen molar-refractivity contribution in [2.45, 2.75) is 77.4 Å². The van der Waals surface area contributed by atoms with E-state index in [-0.39, 0.29) is 12.0 Å². The molecule has 3 atom stereocenters. The van der Waals surface area contributed by atoms with Crippen molar-refractivity contribution in [2.75, 3.05) is 6.54 Å². The zero-order valence-electron chi connectivity index (χ0n) is 13.0. The largest absolute Gasteiger partial charge is 0.481 e. The van der Waals surface area contributed by atoms with E-state index < -0.39 is 5.97 Å². The van der Waals surface area contributed by atoms with Crippen LogP contribution in [0.5, 0.6) is 0 Å². The molecule has 0 bridgehead atoms. The van der Waals surface area contributed by atoms with Crippen molar-refractivity contribution in [2.24, 2.45) is 11.8 Å². The second-order valence-corrected chi connectivity index (χ2v) is 6.52. The fraction of sp³-hybridized carbons (Fsp3) is 0.938. The summed E-state index contributed by atoms with van der Waals surface area (Å²) in [4.78, 5) is 10.7. The number of aliphatic carboxylic acids is 1. The van der Waals surface area contributed by atoms with Gasteiger partial charge >= 0.3 is 5.97 Å². The van der Waals surface area contributed by atoms with Crippen LogP contribution in [-0.2, 0) is 4.79 Å². The molecule has 0 saturated heterocycles. The molecule has 0 aromatic heterocycles. The van der Waals surface area contributed by atoms with E-state index >= 15 is 0 Å². The first-order chi connectivity index (χ1) is 9.49. The summed E-state index contributed by atoms with van der Waals surface area (Å²) >= 11 is 0. The summed E-state index contributed by atoms with van der Waals surface area (Å²) < 4.78 is 0. The van der Waals surface area contributed by atoms with Gasteiger partial charge in [0, 0.05) is 12.6 Å². The number of hydrogen-bond acceptors (Lipinski definition) is 3. The lowest BCUT2D eigenvalue weighted by Crippen LogP contribution is -2.34. The van der Waals surface area contributed by atoms with Crippen LogP contribution in [0.2, 0.25) is 0 Å². The normalized spacial score (nSPS) is 20.8. The molecule has 1 fully saturated rings. The highest BCUT2D eigenvalue weighted by atomic mass is 16.4. The molecule has 3 N–H and O–H groups in total. The molecule has 3 unspecified atom stereocenters. The quantitative estimate of drug-likeness (QED) is 0.577. The SMILES string of the molecule is CC(CCCC(C)C(=O)O)NCC(O)CC1CCCC1. The van der Waals surface area contributed by atoms with Gasteiger partial charge in [0.1, 0.15) is 0 Å². The van der Waals surface area contributed by atoms with Crippen molar-refractivity contribution in [1.82, 2.24) is 5.32 Å². The third-order valence-electron chi connectivity index (χ3n) is 4.48. The lowest BCUT2D eigenvalue weighted by atomic mass is 9.99. The van der Waals surface area contributed by atoms with Crippen LogP contribution >= 0.6 is 0 Å². The number of nitrogens with one attached hydrogen (secondary N) is 1. The van der Waals surface area contributed by atoms with Crippen LogP contribution in [0, 0.1) is 11.8 Å². The Labute approximate surface area is 123 Å². The van der Waals surface area contributed by atoms with Gasteiger partial charge in [-0.1, -0.05) is 39.0 Å². The molecule has 118 valence electrons. The van der Waals surface area contributed by atoms with Gasteiger partial charge in [0.15, 0.2) is 0 Å². The number of hydrogen-bond donors (Lipinski definition) is 3. The minimum absolute atomic E-state index is 0.238. The summed E-state index contributed by atoms with van der Waals surface area (Å²) in [7, 11) is 0. The summed E-state index contributed by atoms with van der Waals surface area (Å²) in [6, 6.07) is 0.342. The molecule has 0 aromatic rings. The van der Waals surface area contributed by atoms with E-state index in [0.717, 1.165) is 31.6 Å². The van der Waals surface area contributed by atoms with E-state index in [9.17, 15) is 9.90 Å². The molecule has 0 heterocycles. The monoisotopic (exact) mass is 285 g/mol. The molecule has 0 radical (unpaired) electrons. The minimum atomic E-state index is -0.711. The van der Waals surface area contributed by atoms with Crippen molar-refractivity contribution in [3.05, 3.63) is 0 Å². The molecule has 0 amide bonds. The van der Waals surface area contributed by atoms with Crippen LogP contribution in [0.15, 0.2) is 0 Å². The van der Waals surface area contributed by atoms with Gasteiger partial charge in [-0.3, -0.25) is 4.79 Å². The van der Waals surface area contributed by atoms with Crippen LogP contribution in [-0.4, -0.2) is 34.9 Å². The summed E-state index contributed by atoms with van der Waals surface area (Å²) in [6.07, 6.45) is 8.50. The lowest BCUT2D eigenvalue weighted by Gasteiger charge is -2.19. The minimum Gasteiger partial charge on any atom is -0.481 e. The molecule has 20 heavy (non-hydrogen) atoms. The predicted octanol–water partition coefficient (Wildman–Crippen LogP) is 2.80. The maximum Gasteiger partial charge on any atom is 0.306 e. The third-order valence-corrected chi connectivity index (χ3v) is 4.48. The Balaban J connectivity index is 2.03. The first-order valence-electron chi connectivity index (χ1n) is 8.13. The molecular formula is C16H31NO3. The van der Waals surface area contributed by atoms with Crippen molar-refractivity contribution in [3.63, 3.8) is 0 Å². The molecule has 1 saturated carbocycles. The van der Waals surface area contributed by atoms with Crippen molar-refractivity contribution >= 4 is 5.97 Å². The highest BCUT2D eigenvalue weighted by molar-refractivity contribution is 5.69. The number of aliphatic hydroxyl groups excluding tert-OH is 1. The lowest BCUT2D eigenvalue weighted by molar-refractivity contribution is -0.141. The molecule has 4 nitrogen and oxygen atoms in total. The zero-order chi connectivity index (χ0) is 15.0. The number of carboxylic acids is 1. The van der Waals surface area contributed by atoms with Gasteiger partial charge in [-0.05, 0) is 32.1 Å². The molecule has 0 aromatic carbocycles. The molecule has 0 spiro atoms. The first-order valence-corrected chi connectivity index (χ1v) is 8.13. The van der Waals surface area contributed by atoms with Crippen LogP contribution in [0.25, 0.3) is 0 Å². The highest BCUT2D eigenvalue weighted by Gasteiger charge is 2.19. The van der Waals surface area contributed by atoms with Crippen LogP contribution < -0.4 is 5.32 Å². The topological polar surface area (TPSA) is 69.6 Å². The van der Waals surface area contributed by atoms with Gasteiger partial charge in [-0.25, -0.2) is 0 Å². The Hall–Kier alpha value is -0.610. The maximum absolute atomic E-state index is 10.7. The Kier molecular flexibility index (Phi) is 8.15. The number of aliphatic hydroxyl groups is 1. The molecule has 4 heteroatoms. The van der Waals surface area contributed by atoms with Crippen molar-refractivity contribution < 1.29 is 15.0 Å². The van der Waals surface area contributed by atoms with Crippen LogP contribution in [0.4, 0.5) is 0 Å². The van der Waals surface area contributed by atoms with E-state index in [1.165, 1.54) is 25.7 Å². The molecule has 1 rings (SSSR count). The Morgan fingerprint density at radius 2 is 1.90 bits per heavy atom. The smallest absolute Gasteiger partial charge is 0.306 e. The number of carboxylic acid groups (broad SMARTS) is 1. The van der Waals surface area contributed by atoms with Crippen LogP contribution in [0.1, 0.15) is 65.2 Å². The van der Waals surface area contributed by atoms with Crippen molar-refractivity contribution in [1.29, 1.82) is 0 Å². The van der Waals surface area contributed by atoms with E-state index in [1.807, 2.05) is 0 Å². The summed E-state index contributed by atoms with van der Waals surface area (Å²) in [6.45, 7) is 4.52. The molecule has 1 aliphatic carbocycles. The average Bonchev–Trinajstić information content (AvgIpc) is 2.89. The van der Waals surface area contributed by atoms with Gasteiger partial charge < -0.3 is 15.5 Å². The summed E-state index contributed by atoms with van der Waals surface area (Å²) in [5, 5.41) is 22.2. The average molecular weight is 285 g/mol. The van der Waals surface area contributed by atoms with Gasteiger partial charge in [-0.2, -0.15) is 0 Å². The first kappa shape index (κ1) is 17.4. The second-order valence-electron chi connectivity index (χ2n) is 6.52. The summed E-state index contributed by atoms with van der Waals surface area (Å²) in [5.41, 5.74) is 0. The fourth-order valence-corrected chi connectivity index (χ4v) is 3.01. The Bertz CT molecular complexity index is 277. The number of carbonyl (C=O) groups is 1. The Morgan fingerprint density at radius 3 is 2.50 bits per heavy atom. The van der Waals surface area contributed by atoms with Crippen LogP contribution in [0.3, 0.4) is 0 Å². The van der Waals surface area contributed by atoms with E-state index in [1.54, 1.807) is 6.92 Å². The van der Waals surface area contributed by atoms with E-state index in [2.05, 4.69) is 12.2 Å². The number of rotatable bonds is 10. The third kappa shape index (κ3) is 7.25.